The third-order valence-corrected chi connectivity index (χ3v) is 8.34. The van der Waals surface area contributed by atoms with Gasteiger partial charge in [0.05, 0.1) is 32.5 Å². The number of halogens is 1. The Morgan fingerprint density at radius 2 is 1.68 bits per heavy atom. The molecule has 0 aromatic carbocycles. The molecule has 5 amide bonds. The Hall–Kier alpha value is -4.17. The molecule has 3 aliphatic rings. The molecule has 2 aliphatic carbocycles. The van der Waals surface area contributed by atoms with Crippen molar-refractivity contribution in [2.45, 2.75) is 106 Å². The zero-order chi connectivity index (χ0) is 42.6. The first-order chi connectivity index (χ1) is 26.1. The number of carbonyl (C=O) groups is 5. The molecule has 0 saturated heterocycles. The molecule has 1 unspecified atom stereocenters. The summed E-state index contributed by atoms with van der Waals surface area (Å²) in [6, 6.07) is -0.934. The van der Waals surface area contributed by atoms with Gasteiger partial charge in [0.15, 0.2) is 0 Å². The van der Waals surface area contributed by atoms with Crippen LogP contribution in [-0.2, 0) is 35.7 Å². The van der Waals surface area contributed by atoms with Crippen molar-refractivity contribution in [3.05, 3.63) is 46.3 Å². The first-order valence-electron chi connectivity index (χ1n) is 19.4. The van der Waals surface area contributed by atoms with Crippen molar-refractivity contribution >= 4 is 46.9 Å². The minimum Gasteiger partial charge on any atom is -0.444 e. The van der Waals surface area contributed by atoms with Crippen molar-refractivity contribution in [3.8, 4) is 0 Å². The van der Waals surface area contributed by atoms with Crippen LogP contribution in [-0.4, -0.2) is 126 Å². The van der Waals surface area contributed by atoms with Gasteiger partial charge in [-0.2, -0.15) is 5.10 Å². The van der Waals surface area contributed by atoms with E-state index in [2.05, 4.69) is 43.4 Å². The minimum absolute atomic E-state index is 0.137. The molecular formula is C41H68ClN7O7. The summed E-state index contributed by atoms with van der Waals surface area (Å²) in [5, 5.41) is 10.1. The fourth-order valence-electron chi connectivity index (χ4n) is 4.74. The molecule has 2 N–H and O–H groups in total. The molecule has 4 rings (SSSR count). The Morgan fingerprint density at radius 1 is 1.05 bits per heavy atom. The van der Waals surface area contributed by atoms with Gasteiger partial charge in [-0.05, 0) is 77.0 Å². The number of likely N-dealkylation sites (N-methyl/N-ethyl adjacent to an activating group) is 3. The van der Waals surface area contributed by atoms with Crippen molar-refractivity contribution in [2.75, 3.05) is 60.5 Å². The van der Waals surface area contributed by atoms with Crippen molar-refractivity contribution in [2.24, 2.45) is 13.0 Å². The topological polar surface area (TPSA) is 155 Å². The number of carbonyl (C=O) groups excluding carboxylic acids is 5. The zero-order valence-corrected chi connectivity index (χ0v) is 36.7. The maximum Gasteiger partial charge on any atom is 0.408 e. The first-order valence-corrected chi connectivity index (χ1v) is 19.7. The number of alkyl carbamates (subject to hydrolysis) is 1. The van der Waals surface area contributed by atoms with Gasteiger partial charge < -0.3 is 34.8 Å². The predicted octanol–water partition coefficient (Wildman–Crippen LogP) is 5.68. The minimum atomic E-state index is -0.934. The third-order valence-electron chi connectivity index (χ3n) is 8.04. The fourth-order valence-corrected chi connectivity index (χ4v) is 5.00. The van der Waals surface area contributed by atoms with Crippen molar-refractivity contribution in [1.29, 1.82) is 0 Å². The molecule has 2 heterocycles. The lowest BCUT2D eigenvalue weighted by Crippen LogP contribution is -2.52. The number of hydrogen-bond acceptors (Lipinski definition) is 8. The summed E-state index contributed by atoms with van der Waals surface area (Å²) in [4.78, 5) is 66.1. The molecule has 15 heteroatoms. The molecule has 316 valence electrons. The van der Waals surface area contributed by atoms with E-state index in [1.54, 1.807) is 33.9 Å². The average molecular weight is 806 g/mol. The summed E-state index contributed by atoms with van der Waals surface area (Å²) in [6.07, 6.45) is 13.7. The predicted molar refractivity (Wildman–Crippen MR) is 222 cm³/mol. The van der Waals surface area contributed by atoms with Gasteiger partial charge in [0, 0.05) is 51.5 Å². The Morgan fingerprint density at radius 3 is 2.21 bits per heavy atom. The van der Waals surface area contributed by atoms with Crippen molar-refractivity contribution < 1.29 is 33.4 Å². The molecule has 1 aliphatic heterocycles. The van der Waals surface area contributed by atoms with Crippen molar-refractivity contribution in [1.82, 2.24) is 35.1 Å². The maximum absolute atomic E-state index is 12.9. The van der Waals surface area contributed by atoms with Crippen LogP contribution >= 0.6 is 11.6 Å². The van der Waals surface area contributed by atoms with Crippen LogP contribution in [0.25, 0.3) is 5.57 Å². The molecule has 0 spiro atoms. The van der Waals surface area contributed by atoms with Crippen LogP contribution in [0.5, 0.6) is 0 Å². The molecule has 1 saturated carbocycles. The standard InChI is InChI=1S/C23H39N5O7.C11H13ClN2.C4H10.C3H6/c1-16-8-9-17(28(7)19(30)13-25-22(33)35-23(2,3)4)21(32)24-12-18(29)27(6)14-20(31)26(5)10-11-34-15-16;1-8-5-10(12)3-4-11(8)9-6-13-14(2)7-9;1-4(2)3;1-2-3-1/h8,17H,9-15H2,1-7H3,(H,24,32)(H,25,33);5-7H,3-4H2,1-2H3;4H,1-3H3;1-3H2/b16-8+;;;. The Balaban J connectivity index is 0.000000599. The highest BCUT2D eigenvalue weighted by molar-refractivity contribution is 6.30. The van der Waals surface area contributed by atoms with E-state index in [0.29, 0.717) is 19.8 Å². The van der Waals surface area contributed by atoms with Crippen LogP contribution in [0, 0.1) is 5.92 Å². The van der Waals surface area contributed by atoms with E-state index in [4.69, 9.17) is 21.1 Å². The number of nitrogens with zero attached hydrogens (tertiary/aromatic N) is 5. The van der Waals surface area contributed by atoms with Gasteiger partial charge in [-0.1, -0.05) is 63.3 Å². The van der Waals surface area contributed by atoms with E-state index in [9.17, 15) is 24.0 Å². The number of ether oxygens (including phenoxy) is 2. The summed E-state index contributed by atoms with van der Waals surface area (Å²) < 4.78 is 12.6. The number of rotatable bonds is 4. The van der Waals surface area contributed by atoms with E-state index in [1.165, 1.54) is 64.8 Å². The summed E-state index contributed by atoms with van der Waals surface area (Å²) >= 11 is 5.98. The lowest BCUT2D eigenvalue weighted by atomic mass is 9.94. The maximum atomic E-state index is 12.9. The summed E-state index contributed by atoms with van der Waals surface area (Å²) in [5.74, 6) is -0.921. The van der Waals surface area contributed by atoms with Gasteiger partial charge in [0.2, 0.25) is 23.6 Å². The summed E-state index contributed by atoms with van der Waals surface area (Å²) in [7, 11) is 6.49. The molecule has 14 nitrogen and oxygen atoms in total. The molecule has 1 fully saturated rings. The number of aromatic nitrogens is 2. The highest BCUT2D eigenvalue weighted by Gasteiger charge is 2.28. The van der Waals surface area contributed by atoms with Gasteiger partial charge in [-0.25, -0.2) is 4.79 Å². The lowest BCUT2D eigenvalue weighted by molar-refractivity contribution is -0.141. The van der Waals surface area contributed by atoms with Gasteiger partial charge >= 0.3 is 6.09 Å². The van der Waals surface area contributed by atoms with E-state index in [1.807, 2.05) is 37.1 Å². The van der Waals surface area contributed by atoms with E-state index >= 15 is 0 Å². The van der Waals surface area contributed by atoms with Gasteiger partial charge in [0.25, 0.3) is 0 Å². The van der Waals surface area contributed by atoms with E-state index < -0.39 is 35.5 Å². The summed E-state index contributed by atoms with van der Waals surface area (Å²) in [5.41, 5.74) is 3.96. The number of allylic oxidation sites excluding steroid dienone is 4. The molecular weight excluding hydrogens is 738 g/mol. The summed E-state index contributed by atoms with van der Waals surface area (Å²) in [6.45, 7) is 15.7. The molecule has 1 aromatic heterocycles. The second-order valence-corrected chi connectivity index (χ2v) is 16.4. The normalized spacial score (nSPS) is 19.4. The largest absolute Gasteiger partial charge is 0.444 e. The molecule has 1 aromatic rings. The monoisotopic (exact) mass is 805 g/mol. The Kier molecular flexibility index (Phi) is 22.4. The molecule has 1 atom stereocenters. The number of hydrogen-bond donors (Lipinski definition) is 2. The first kappa shape index (κ1) is 49.8. The Labute approximate surface area is 340 Å². The molecule has 0 bridgehead atoms. The van der Waals surface area contributed by atoms with Gasteiger partial charge in [0.1, 0.15) is 18.2 Å². The Bertz CT molecular complexity index is 1540. The van der Waals surface area contributed by atoms with Crippen molar-refractivity contribution in [3.63, 3.8) is 0 Å². The highest BCUT2D eigenvalue weighted by Crippen LogP contribution is 2.32. The fraction of sp³-hybridized carbons (Fsp3) is 0.659. The number of amides is 5. The number of aryl methyl sites for hydroxylation is 1. The smallest absolute Gasteiger partial charge is 0.408 e. The average Bonchev–Trinajstić information content (AvgIpc) is 3.93. The molecule has 56 heavy (non-hydrogen) atoms. The van der Waals surface area contributed by atoms with E-state index in [-0.39, 0.29) is 32.0 Å². The molecule has 0 radical (unpaired) electrons. The third kappa shape index (κ3) is 21.8. The second kappa shape index (κ2) is 25.2. The highest BCUT2D eigenvalue weighted by atomic mass is 35.5. The van der Waals surface area contributed by atoms with Crippen LogP contribution in [0.3, 0.4) is 0 Å². The quantitative estimate of drug-likeness (QED) is 0.369. The van der Waals surface area contributed by atoms with Crippen LogP contribution in [0.1, 0.15) is 99.5 Å². The van der Waals surface area contributed by atoms with Crippen LogP contribution < -0.4 is 10.6 Å². The lowest BCUT2D eigenvalue weighted by Gasteiger charge is -2.28. The van der Waals surface area contributed by atoms with E-state index in [0.717, 1.165) is 29.4 Å². The zero-order valence-electron chi connectivity index (χ0n) is 35.9. The van der Waals surface area contributed by atoms with Crippen LogP contribution in [0.2, 0.25) is 0 Å². The van der Waals surface area contributed by atoms with Crippen LogP contribution in [0.15, 0.2) is 40.7 Å². The second-order valence-electron chi connectivity index (χ2n) is 15.9. The number of nitrogens with one attached hydrogen (secondary N) is 2. The van der Waals surface area contributed by atoms with Gasteiger partial charge in [-0.3, -0.25) is 23.9 Å². The SMILES string of the molecule is C/C1=C\CC(N(C)C(=O)CNC(=O)OC(C)(C)C)C(=O)NCC(=O)N(C)CC(=O)N(C)CCOC1.C1CC1.CC(C)C.CC1=C(c2cnn(C)c2)CCC(Cl)=C1. The van der Waals surface area contributed by atoms with Gasteiger partial charge in [-0.15, -0.1) is 0 Å². The van der Waals surface area contributed by atoms with Crippen LogP contribution in [0.4, 0.5) is 4.79 Å².